The molecule has 214 valence electrons. The van der Waals surface area contributed by atoms with Crippen LogP contribution in [0.4, 0.5) is 0 Å². The predicted octanol–water partition coefficient (Wildman–Crippen LogP) is 7.15. The molecule has 0 aromatic heterocycles. The summed E-state index contributed by atoms with van der Waals surface area (Å²) in [5, 5.41) is 20.2. The van der Waals surface area contributed by atoms with Gasteiger partial charge in [0.2, 0.25) is 0 Å². The predicted molar refractivity (Wildman–Crippen MR) is 153 cm³/mol. The molecule has 1 aromatic carbocycles. The Bertz CT molecular complexity index is 1090. The summed E-state index contributed by atoms with van der Waals surface area (Å²) in [7, 11) is 0. The minimum Gasteiger partial charge on any atom is -0.494 e. The number of rotatable bonds is 10. The average molecular weight is 537 g/mol. The molecule has 0 spiro atoms. The number of hydrogen-bond acceptors (Lipinski definition) is 4. The fourth-order valence-corrected chi connectivity index (χ4v) is 9.15. The molecule has 0 amide bonds. The minimum absolute atomic E-state index is 0.00588. The van der Waals surface area contributed by atoms with Crippen LogP contribution in [0.1, 0.15) is 103 Å². The van der Waals surface area contributed by atoms with Crippen LogP contribution in [-0.2, 0) is 16.0 Å². The first-order chi connectivity index (χ1) is 18.5. The number of hydrogen-bond donors (Lipinski definition) is 2. The Morgan fingerprint density at radius 2 is 1.74 bits per heavy atom. The van der Waals surface area contributed by atoms with E-state index >= 15 is 0 Å². The van der Waals surface area contributed by atoms with E-state index in [1.54, 1.807) is 0 Å². The second-order valence-corrected chi connectivity index (χ2v) is 13.8. The van der Waals surface area contributed by atoms with Crippen LogP contribution in [0.5, 0.6) is 5.75 Å². The lowest BCUT2D eigenvalue weighted by atomic mass is 9.44. The third kappa shape index (κ3) is 5.45. The first kappa shape index (κ1) is 28.4. The van der Waals surface area contributed by atoms with Crippen LogP contribution in [-0.4, -0.2) is 34.2 Å². The zero-order valence-corrected chi connectivity index (χ0v) is 24.2. The Morgan fingerprint density at radius 1 is 1.00 bits per heavy atom. The van der Waals surface area contributed by atoms with Crippen molar-refractivity contribution < 1.29 is 24.5 Å². The van der Waals surface area contributed by atoms with E-state index in [1.807, 2.05) is 18.2 Å². The van der Waals surface area contributed by atoms with Gasteiger partial charge in [0.1, 0.15) is 5.75 Å². The Hall–Kier alpha value is -2.14. The third-order valence-corrected chi connectivity index (χ3v) is 11.7. The highest BCUT2D eigenvalue weighted by molar-refractivity contribution is 5.91. The maximum atomic E-state index is 12.4. The topological polar surface area (TPSA) is 83.8 Å². The summed E-state index contributed by atoms with van der Waals surface area (Å²) in [5.41, 5.74) is 2.32. The van der Waals surface area contributed by atoms with Gasteiger partial charge in [0.15, 0.2) is 5.78 Å². The molecule has 0 saturated heterocycles. The summed E-state index contributed by atoms with van der Waals surface area (Å²) in [6.45, 7) is 7.33. The fourth-order valence-electron chi connectivity index (χ4n) is 9.15. The van der Waals surface area contributed by atoms with Crippen molar-refractivity contribution in [3.8, 4) is 5.75 Å². The van der Waals surface area contributed by atoms with Gasteiger partial charge in [-0.2, -0.15) is 0 Å². The van der Waals surface area contributed by atoms with E-state index in [1.165, 1.54) is 30.4 Å². The molecule has 3 fully saturated rings. The maximum Gasteiger partial charge on any atom is 0.303 e. The van der Waals surface area contributed by atoms with Gasteiger partial charge in [0.25, 0.3) is 0 Å². The molecule has 0 bridgehead atoms. The number of carbonyl (C=O) groups is 2. The molecule has 4 aliphatic rings. The summed E-state index contributed by atoms with van der Waals surface area (Å²) < 4.78 is 5.67. The molecule has 3 saturated carbocycles. The molecular formula is C34H48O5. The number of fused-ring (bicyclic) bond motifs is 5. The van der Waals surface area contributed by atoms with Crippen LogP contribution in [0.25, 0.3) is 0 Å². The van der Waals surface area contributed by atoms with E-state index in [2.05, 4.69) is 32.9 Å². The van der Waals surface area contributed by atoms with Crippen molar-refractivity contribution in [2.75, 3.05) is 6.61 Å². The highest BCUT2D eigenvalue weighted by Crippen LogP contribution is 2.69. The Morgan fingerprint density at radius 3 is 2.49 bits per heavy atom. The van der Waals surface area contributed by atoms with Crippen molar-refractivity contribution in [2.24, 2.45) is 34.5 Å². The van der Waals surface area contributed by atoms with Crippen molar-refractivity contribution in [3.05, 3.63) is 41.5 Å². The number of aliphatic carboxylic acids is 1. The number of carboxylic acids is 1. The van der Waals surface area contributed by atoms with E-state index in [4.69, 9.17) is 9.84 Å². The van der Waals surface area contributed by atoms with Crippen LogP contribution in [0.2, 0.25) is 0 Å². The lowest BCUT2D eigenvalue weighted by Gasteiger charge is -2.61. The number of ketones is 1. The second-order valence-electron chi connectivity index (χ2n) is 13.8. The lowest BCUT2D eigenvalue weighted by Crippen LogP contribution is -2.56. The Kier molecular flexibility index (Phi) is 8.03. The van der Waals surface area contributed by atoms with Crippen LogP contribution in [0, 0.1) is 34.5 Å². The minimum atomic E-state index is -0.789. The summed E-state index contributed by atoms with van der Waals surface area (Å²) >= 11 is 0. The van der Waals surface area contributed by atoms with E-state index in [9.17, 15) is 14.7 Å². The molecule has 7 atom stereocenters. The van der Waals surface area contributed by atoms with E-state index in [0.29, 0.717) is 48.9 Å². The molecular weight excluding hydrogens is 488 g/mol. The summed E-state index contributed by atoms with van der Waals surface area (Å²) in [6.07, 6.45) is 14.3. The van der Waals surface area contributed by atoms with Gasteiger partial charge in [-0.1, -0.05) is 38.0 Å². The van der Waals surface area contributed by atoms with Crippen LogP contribution in [0.15, 0.2) is 35.9 Å². The van der Waals surface area contributed by atoms with Crippen molar-refractivity contribution in [2.45, 2.75) is 110 Å². The van der Waals surface area contributed by atoms with Crippen molar-refractivity contribution in [3.63, 3.8) is 0 Å². The number of allylic oxidation sites excluding steroid dienone is 1. The zero-order valence-electron chi connectivity index (χ0n) is 24.2. The average Bonchev–Trinajstić information content (AvgIpc) is 3.14. The van der Waals surface area contributed by atoms with E-state index in [-0.39, 0.29) is 17.3 Å². The highest BCUT2D eigenvalue weighted by atomic mass is 16.5. The first-order valence-corrected chi connectivity index (χ1v) is 15.4. The number of aliphatic hydroxyl groups is 1. The van der Waals surface area contributed by atoms with Gasteiger partial charge >= 0.3 is 5.97 Å². The van der Waals surface area contributed by atoms with Gasteiger partial charge in [-0.25, -0.2) is 0 Å². The first-order valence-electron chi connectivity index (χ1n) is 15.4. The molecule has 0 unspecified atom stereocenters. The van der Waals surface area contributed by atoms with Gasteiger partial charge in [-0.05, 0) is 129 Å². The van der Waals surface area contributed by atoms with Crippen LogP contribution in [0.3, 0.4) is 0 Å². The molecule has 4 aliphatic carbocycles. The van der Waals surface area contributed by atoms with Crippen LogP contribution >= 0.6 is 0 Å². The van der Waals surface area contributed by atoms with Crippen LogP contribution < -0.4 is 4.74 Å². The normalized spacial score (nSPS) is 37.4. The number of aryl methyl sites for hydroxylation is 1. The highest BCUT2D eigenvalue weighted by Gasteiger charge is 2.64. The van der Waals surface area contributed by atoms with Gasteiger partial charge in [0, 0.05) is 12.8 Å². The fraction of sp³-hybridized carbons (Fsp3) is 0.706. The van der Waals surface area contributed by atoms with Gasteiger partial charge in [0.05, 0.1) is 12.2 Å². The van der Waals surface area contributed by atoms with Gasteiger partial charge < -0.3 is 14.9 Å². The summed E-state index contributed by atoms with van der Waals surface area (Å²) in [4.78, 5) is 23.1. The Balaban J connectivity index is 1.22. The molecule has 0 aliphatic heterocycles. The zero-order chi connectivity index (χ0) is 27.8. The third-order valence-electron chi connectivity index (χ3n) is 11.7. The number of benzene rings is 1. The summed E-state index contributed by atoms with van der Waals surface area (Å²) in [6, 6.07) is 8.23. The lowest BCUT2D eigenvalue weighted by molar-refractivity contribution is -0.137. The molecule has 39 heavy (non-hydrogen) atoms. The molecule has 1 aromatic rings. The summed E-state index contributed by atoms with van der Waals surface area (Å²) in [5.74, 6) is 2.78. The Labute approximate surface area is 234 Å². The van der Waals surface area contributed by atoms with Crippen molar-refractivity contribution in [1.29, 1.82) is 0 Å². The molecule has 5 heteroatoms. The van der Waals surface area contributed by atoms with Gasteiger partial charge in [-0.3, -0.25) is 9.59 Å². The smallest absolute Gasteiger partial charge is 0.303 e. The number of ether oxygens (including phenoxy) is 1. The molecule has 5 rings (SSSR count). The number of carboxylic acid groups (broad SMARTS) is 1. The largest absolute Gasteiger partial charge is 0.494 e. The maximum absolute atomic E-state index is 12.4. The SMILES string of the molecule is C[C@]12CCC(=O)C=C1C[C@@H](CCCCc1ccc(OCCCC(=O)O)cc1)[C@@H]1[C@@H]2CC[C@@]2(C)[C@H]1CC[C@]2(C)O. The van der Waals surface area contributed by atoms with Crippen molar-refractivity contribution >= 4 is 11.8 Å². The monoisotopic (exact) mass is 536 g/mol. The molecule has 2 N–H and O–H groups in total. The van der Waals surface area contributed by atoms with Gasteiger partial charge in [-0.15, -0.1) is 0 Å². The molecule has 5 nitrogen and oxygen atoms in total. The van der Waals surface area contributed by atoms with E-state index < -0.39 is 11.6 Å². The number of unbranched alkanes of at least 4 members (excludes halogenated alkanes) is 1. The van der Waals surface area contributed by atoms with E-state index in [0.717, 1.165) is 50.7 Å². The molecule has 0 radical (unpaired) electrons. The quantitative estimate of drug-likeness (QED) is 0.310. The second kappa shape index (κ2) is 11.0. The standard InChI is InChI=1S/C34H48O5/c1-32-17-14-26(35)22-25(32)21-24(31-28(32)15-18-33(2)29(31)16-19-34(33,3)38)8-5-4-7-23-10-12-27(13-11-23)39-20-6-9-30(36)37/h10-13,22,24,28-29,31,38H,4-9,14-21H2,1-3H3,(H,36,37)/t24-,28+,29+,31-,32+,33+,34+/m1/s1. The number of carbonyl (C=O) groups excluding carboxylic acids is 1. The molecule has 0 heterocycles. The van der Waals surface area contributed by atoms with Crippen molar-refractivity contribution in [1.82, 2.24) is 0 Å².